The molecule has 0 bridgehead atoms. The molecule has 1 N–H and O–H groups in total. The number of hydrogen-bond donors (Lipinski definition) is 1. The van der Waals surface area contributed by atoms with E-state index < -0.39 is 0 Å². The van der Waals surface area contributed by atoms with E-state index in [0.717, 1.165) is 28.6 Å². The summed E-state index contributed by atoms with van der Waals surface area (Å²) in [6.45, 7) is 3.27. The van der Waals surface area contributed by atoms with Gasteiger partial charge in [-0.1, -0.05) is 18.5 Å². The average Bonchev–Trinajstić information content (AvgIpc) is 2.75. The van der Waals surface area contributed by atoms with Gasteiger partial charge in [0.1, 0.15) is 0 Å². The number of aryl methyl sites for hydroxylation is 1. The Kier molecular flexibility index (Phi) is 4.65. The van der Waals surface area contributed by atoms with Crippen LogP contribution in [0.15, 0.2) is 12.1 Å². The Hall–Kier alpha value is -0.580. The van der Waals surface area contributed by atoms with Crippen molar-refractivity contribution in [1.29, 1.82) is 0 Å². The standard InChI is InChI=1S/C13H18ClNO2S/c1-9-6-7-15(8-11(9)16)13(17)5-3-10-2-4-12(14)18-10/h2,4,9,11,16H,3,5-8H2,1H3. The highest BCUT2D eigenvalue weighted by atomic mass is 35.5. The van der Waals surface area contributed by atoms with Crippen LogP contribution in [0, 0.1) is 5.92 Å². The van der Waals surface area contributed by atoms with Crippen molar-refractivity contribution in [2.24, 2.45) is 5.92 Å². The zero-order valence-electron chi connectivity index (χ0n) is 10.4. The first-order valence-corrected chi connectivity index (χ1v) is 7.46. The first-order valence-electron chi connectivity index (χ1n) is 6.26. The molecule has 0 spiro atoms. The molecule has 1 aliphatic rings. The van der Waals surface area contributed by atoms with E-state index in [1.807, 2.05) is 19.1 Å². The van der Waals surface area contributed by atoms with Gasteiger partial charge in [0.2, 0.25) is 5.91 Å². The van der Waals surface area contributed by atoms with E-state index in [2.05, 4.69) is 0 Å². The van der Waals surface area contributed by atoms with Crippen LogP contribution in [-0.4, -0.2) is 35.1 Å². The zero-order chi connectivity index (χ0) is 13.1. The Balaban J connectivity index is 1.81. The Morgan fingerprint density at radius 2 is 2.39 bits per heavy atom. The molecule has 1 aliphatic heterocycles. The van der Waals surface area contributed by atoms with Gasteiger partial charge < -0.3 is 10.0 Å². The minimum Gasteiger partial charge on any atom is -0.391 e. The summed E-state index contributed by atoms with van der Waals surface area (Å²) in [5.74, 6) is 0.427. The predicted molar refractivity (Wildman–Crippen MR) is 74.0 cm³/mol. The summed E-state index contributed by atoms with van der Waals surface area (Å²) < 4.78 is 0.764. The molecule has 1 saturated heterocycles. The summed E-state index contributed by atoms with van der Waals surface area (Å²) >= 11 is 7.37. The summed E-state index contributed by atoms with van der Waals surface area (Å²) in [5.41, 5.74) is 0. The lowest BCUT2D eigenvalue weighted by Gasteiger charge is -2.34. The van der Waals surface area contributed by atoms with Crippen molar-refractivity contribution in [1.82, 2.24) is 4.90 Å². The number of carbonyl (C=O) groups is 1. The molecule has 5 heteroatoms. The van der Waals surface area contributed by atoms with Gasteiger partial charge in [-0.05, 0) is 30.9 Å². The Bertz CT molecular complexity index is 421. The van der Waals surface area contributed by atoms with E-state index >= 15 is 0 Å². The lowest BCUT2D eigenvalue weighted by atomic mass is 9.96. The lowest BCUT2D eigenvalue weighted by Crippen LogP contribution is -2.45. The van der Waals surface area contributed by atoms with E-state index in [1.165, 1.54) is 11.3 Å². The maximum atomic E-state index is 12.0. The van der Waals surface area contributed by atoms with Gasteiger partial charge >= 0.3 is 0 Å². The summed E-state index contributed by atoms with van der Waals surface area (Å²) in [5, 5.41) is 9.78. The van der Waals surface area contributed by atoms with Gasteiger partial charge in [0.05, 0.1) is 10.4 Å². The normalized spacial score (nSPS) is 24.3. The van der Waals surface area contributed by atoms with Crippen molar-refractivity contribution >= 4 is 28.8 Å². The van der Waals surface area contributed by atoms with Crippen molar-refractivity contribution in [2.75, 3.05) is 13.1 Å². The molecular formula is C13H18ClNO2S. The van der Waals surface area contributed by atoms with E-state index in [0.29, 0.717) is 18.9 Å². The summed E-state index contributed by atoms with van der Waals surface area (Å²) in [7, 11) is 0. The molecule has 18 heavy (non-hydrogen) atoms. The molecule has 0 aliphatic carbocycles. The molecule has 0 radical (unpaired) electrons. The number of amides is 1. The Morgan fingerprint density at radius 3 is 3.00 bits per heavy atom. The highest BCUT2D eigenvalue weighted by Crippen LogP contribution is 2.23. The first kappa shape index (κ1) is 13.8. The molecule has 100 valence electrons. The highest BCUT2D eigenvalue weighted by molar-refractivity contribution is 7.16. The number of aliphatic hydroxyl groups is 1. The third-order valence-electron chi connectivity index (χ3n) is 3.49. The molecule has 1 amide bonds. The fraction of sp³-hybridized carbons (Fsp3) is 0.615. The Labute approximate surface area is 116 Å². The van der Waals surface area contributed by atoms with Crippen molar-refractivity contribution in [2.45, 2.75) is 32.3 Å². The van der Waals surface area contributed by atoms with Gasteiger partial charge in [-0.25, -0.2) is 0 Å². The number of carbonyl (C=O) groups excluding carboxylic acids is 1. The number of hydrogen-bond acceptors (Lipinski definition) is 3. The van der Waals surface area contributed by atoms with Crippen LogP contribution >= 0.6 is 22.9 Å². The molecule has 2 unspecified atom stereocenters. The fourth-order valence-electron chi connectivity index (χ4n) is 2.15. The van der Waals surface area contributed by atoms with Crippen molar-refractivity contribution in [3.8, 4) is 0 Å². The number of piperidine rings is 1. The van der Waals surface area contributed by atoms with Crippen LogP contribution in [-0.2, 0) is 11.2 Å². The van der Waals surface area contributed by atoms with Crippen LogP contribution in [0.3, 0.4) is 0 Å². The number of rotatable bonds is 3. The van der Waals surface area contributed by atoms with Crippen LogP contribution in [0.1, 0.15) is 24.6 Å². The van der Waals surface area contributed by atoms with Crippen molar-refractivity contribution < 1.29 is 9.90 Å². The molecular weight excluding hydrogens is 270 g/mol. The minimum absolute atomic E-state index is 0.130. The molecule has 2 heterocycles. The summed E-state index contributed by atoms with van der Waals surface area (Å²) in [6.07, 6.45) is 1.74. The SMILES string of the molecule is CC1CCN(C(=O)CCc2ccc(Cl)s2)CC1O. The minimum atomic E-state index is -0.376. The topological polar surface area (TPSA) is 40.5 Å². The fourth-order valence-corrected chi connectivity index (χ4v) is 3.24. The predicted octanol–water partition coefficient (Wildman–Crippen LogP) is 2.56. The number of aliphatic hydroxyl groups excluding tert-OH is 1. The molecule has 1 fully saturated rings. The second-order valence-electron chi connectivity index (χ2n) is 4.88. The van der Waals surface area contributed by atoms with Crippen LogP contribution < -0.4 is 0 Å². The Morgan fingerprint density at radius 1 is 1.61 bits per heavy atom. The van der Waals surface area contributed by atoms with E-state index in [4.69, 9.17) is 11.6 Å². The largest absolute Gasteiger partial charge is 0.391 e. The van der Waals surface area contributed by atoms with Gasteiger partial charge in [0, 0.05) is 24.4 Å². The number of likely N-dealkylation sites (tertiary alicyclic amines) is 1. The smallest absolute Gasteiger partial charge is 0.223 e. The quantitative estimate of drug-likeness (QED) is 0.928. The maximum Gasteiger partial charge on any atom is 0.223 e. The second kappa shape index (κ2) is 6.04. The van der Waals surface area contributed by atoms with Crippen LogP contribution in [0.5, 0.6) is 0 Å². The second-order valence-corrected chi connectivity index (χ2v) is 6.68. The van der Waals surface area contributed by atoms with Gasteiger partial charge in [-0.2, -0.15) is 0 Å². The van der Waals surface area contributed by atoms with Gasteiger partial charge in [0.15, 0.2) is 0 Å². The third kappa shape index (κ3) is 3.46. The van der Waals surface area contributed by atoms with E-state index in [9.17, 15) is 9.90 Å². The van der Waals surface area contributed by atoms with Gasteiger partial charge in [-0.3, -0.25) is 4.79 Å². The zero-order valence-corrected chi connectivity index (χ0v) is 12.0. The van der Waals surface area contributed by atoms with E-state index in [1.54, 1.807) is 4.90 Å². The highest BCUT2D eigenvalue weighted by Gasteiger charge is 2.26. The maximum absolute atomic E-state index is 12.0. The van der Waals surface area contributed by atoms with Crippen LogP contribution in [0.4, 0.5) is 0 Å². The molecule has 1 aromatic rings. The molecule has 2 rings (SSSR count). The van der Waals surface area contributed by atoms with Crippen molar-refractivity contribution in [3.05, 3.63) is 21.3 Å². The molecule has 0 aromatic carbocycles. The third-order valence-corrected chi connectivity index (χ3v) is 4.78. The monoisotopic (exact) mass is 287 g/mol. The van der Waals surface area contributed by atoms with Crippen molar-refractivity contribution in [3.63, 3.8) is 0 Å². The van der Waals surface area contributed by atoms with Gasteiger partial charge in [-0.15, -0.1) is 11.3 Å². The first-order chi connectivity index (χ1) is 8.56. The van der Waals surface area contributed by atoms with Gasteiger partial charge in [0.25, 0.3) is 0 Å². The van der Waals surface area contributed by atoms with E-state index in [-0.39, 0.29) is 12.0 Å². The average molecular weight is 288 g/mol. The molecule has 2 atom stereocenters. The number of β-amino-alcohol motifs (C(OH)–C–C–N with tert-alkyl or cyclic N) is 1. The van der Waals surface area contributed by atoms with Crippen LogP contribution in [0.25, 0.3) is 0 Å². The lowest BCUT2D eigenvalue weighted by molar-refractivity contribution is -0.135. The van der Waals surface area contributed by atoms with Crippen LogP contribution in [0.2, 0.25) is 4.34 Å². The molecule has 1 aromatic heterocycles. The number of nitrogens with zero attached hydrogens (tertiary/aromatic N) is 1. The summed E-state index contributed by atoms with van der Waals surface area (Å²) in [6, 6.07) is 3.83. The molecule has 3 nitrogen and oxygen atoms in total. The summed E-state index contributed by atoms with van der Waals surface area (Å²) in [4.78, 5) is 14.9. The molecule has 0 saturated carbocycles. The number of halogens is 1. The number of thiophene rings is 1.